The van der Waals surface area contributed by atoms with E-state index in [-0.39, 0.29) is 12.2 Å². The minimum absolute atomic E-state index is 0.00968. The number of fused-ring (bicyclic) bond motifs is 1. The first-order valence-corrected chi connectivity index (χ1v) is 5.29. The number of nitrogens with zero attached hydrogens (tertiary/aromatic N) is 1. The van der Waals surface area contributed by atoms with Gasteiger partial charge >= 0.3 is 5.97 Å². The molecule has 2 aromatic heterocycles. The van der Waals surface area contributed by atoms with Gasteiger partial charge in [0.25, 0.3) is 5.56 Å². The van der Waals surface area contributed by atoms with Gasteiger partial charge in [0.15, 0.2) is 0 Å². The van der Waals surface area contributed by atoms with Crippen molar-refractivity contribution in [3.8, 4) is 0 Å². The Morgan fingerprint density at radius 3 is 3.00 bits per heavy atom. The molecule has 0 radical (unpaired) electrons. The summed E-state index contributed by atoms with van der Waals surface area (Å²) in [5, 5.41) is 0.746. The van der Waals surface area contributed by atoms with Gasteiger partial charge < -0.3 is 9.72 Å². The number of carbonyl (C=O) groups excluding carboxylic acids is 1. The first kappa shape index (κ1) is 11.3. The van der Waals surface area contributed by atoms with E-state index in [1.54, 1.807) is 13.1 Å². The first-order chi connectivity index (χ1) is 8.13. The van der Waals surface area contributed by atoms with E-state index in [0.29, 0.717) is 5.65 Å². The van der Waals surface area contributed by atoms with Gasteiger partial charge in [0.1, 0.15) is 11.2 Å². The molecule has 0 spiro atoms. The Morgan fingerprint density at radius 2 is 2.29 bits per heavy atom. The maximum Gasteiger partial charge on any atom is 0.343 e. The fraction of sp³-hybridized carbons (Fsp3) is 0.250. The summed E-state index contributed by atoms with van der Waals surface area (Å²) in [4.78, 5) is 29.8. The lowest BCUT2D eigenvalue weighted by Crippen LogP contribution is -2.20. The standard InChI is InChI=1S/C12H12N2O3/c1-3-17-12(16)9-6-8-7(2)4-5-13-10(8)14-11(9)15/h4-6H,3H2,1-2H3,(H,13,14,15). The molecule has 1 N–H and O–H groups in total. The highest BCUT2D eigenvalue weighted by molar-refractivity contribution is 5.93. The smallest absolute Gasteiger partial charge is 0.343 e. The SMILES string of the molecule is CCOC(=O)c1cc2c(C)ccnc2[nH]c1=O. The predicted molar refractivity (Wildman–Crippen MR) is 63.1 cm³/mol. The summed E-state index contributed by atoms with van der Waals surface area (Å²) in [6.07, 6.45) is 1.61. The van der Waals surface area contributed by atoms with Gasteiger partial charge in [-0.2, -0.15) is 0 Å². The number of aryl methyl sites for hydroxylation is 1. The van der Waals surface area contributed by atoms with Crippen molar-refractivity contribution in [3.63, 3.8) is 0 Å². The van der Waals surface area contributed by atoms with E-state index in [9.17, 15) is 9.59 Å². The van der Waals surface area contributed by atoms with Crippen molar-refractivity contribution in [2.45, 2.75) is 13.8 Å². The molecule has 0 amide bonds. The van der Waals surface area contributed by atoms with Gasteiger partial charge in [0, 0.05) is 11.6 Å². The highest BCUT2D eigenvalue weighted by Crippen LogP contribution is 2.13. The zero-order chi connectivity index (χ0) is 12.4. The third kappa shape index (κ3) is 2.04. The predicted octanol–water partition coefficient (Wildman–Crippen LogP) is 1.41. The largest absolute Gasteiger partial charge is 0.462 e. The van der Waals surface area contributed by atoms with E-state index >= 15 is 0 Å². The number of carbonyl (C=O) groups is 1. The summed E-state index contributed by atoms with van der Waals surface area (Å²) in [6.45, 7) is 3.82. The van der Waals surface area contributed by atoms with E-state index in [1.165, 1.54) is 6.07 Å². The zero-order valence-corrected chi connectivity index (χ0v) is 9.61. The molecule has 5 heteroatoms. The van der Waals surface area contributed by atoms with Crippen molar-refractivity contribution in [3.05, 3.63) is 39.8 Å². The van der Waals surface area contributed by atoms with Crippen molar-refractivity contribution < 1.29 is 9.53 Å². The normalized spacial score (nSPS) is 10.5. The number of hydrogen-bond acceptors (Lipinski definition) is 4. The van der Waals surface area contributed by atoms with Crippen LogP contribution in [0.1, 0.15) is 22.8 Å². The summed E-state index contributed by atoms with van der Waals surface area (Å²) < 4.78 is 4.82. The Labute approximate surface area is 97.4 Å². The van der Waals surface area contributed by atoms with Gasteiger partial charge in [-0.05, 0) is 31.5 Å². The second-order valence-electron chi connectivity index (χ2n) is 3.62. The van der Waals surface area contributed by atoms with Gasteiger partial charge in [0.2, 0.25) is 0 Å². The average molecular weight is 232 g/mol. The van der Waals surface area contributed by atoms with Crippen LogP contribution in [0.5, 0.6) is 0 Å². The maximum absolute atomic E-state index is 11.7. The summed E-state index contributed by atoms with van der Waals surface area (Å²) in [5.41, 5.74) is 0.948. The molecule has 0 unspecified atom stereocenters. The number of nitrogens with one attached hydrogen (secondary N) is 1. The number of aromatic amines is 1. The monoisotopic (exact) mass is 232 g/mol. The molecule has 0 saturated carbocycles. The molecule has 2 aromatic rings. The number of H-pyrrole nitrogens is 1. The minimum Gasteiger partial charge on any atom is -0.462 e. The first-order valence-electron chi connectivity index (χ1n) is 5.29. The minimum atomic E-state index is -0.612. The second kappa shape index (κ2) is 4.37. The van der Waals surface area contributed by atoms with Crippen molar-refractivity contribution in [2.75, 3.05) is 6.61 Å². The molecule has 0 aliphatic rings. The molecule has 0 aliphatic carbocycles. The van der Waals surface area contributed by atoms with Crippen LogP contribution in [-0.2, 0) is 4.74 Å². The molecule has 0 bridgehead atoms. The van der Waals surface area contributed by atoms with E-state index in [4.69, 9.17) is 4.74 Å². The van der Waals surface area contributed by atoms with Gasteiger partial charge in [-0.15, -0.1) is 0 Å². The third-order valence-corrected chi connectivity index (χ3v) is 2.47. The molecular formula is C12H12N2O3. The van der Waals surface area contributed by atoms with Gasteiger partial charge in [-0.3, -0.25) is 4.79 Å². The van der Waals surface area contributed by atoms with Crippen molar-refractivity contribution in [2.24, 2.45) is 0 Å². The highest BCUT2D eigenvalue weighted by atomic mass is 16.5. The third-order valence-electron chi connectivity index (χ3n) is 2.47. The Hall–Kier alpha value is -2.17. The Balaban J connectivity index is 2.66. The molecule has 0 aromatic carbocycles. The van der Waals surface area contributed by atoms with Crippen LogP contribution >= 0.6 is 0 Å². The molecule has 0 saturated heterocycles. The van der Waals surface area contributed by atoms with Crippen LogP contribution in [0.2, 0.25) is 0 Å². The lowest BCUT2D eigenvalue weighted by molar-refractivity contribution is 0.0524. The average Bonchev–Trinajstić information content (AvgIpc) is 2.29. The maximum atomic E-state index is 11.7. The van der Waals surface area contributed by atoms with E-state index in [0.717, 1.165) is 10.9 Å². The van der Waals surface area contributed by atoms with Gasteiger partial charge in [0.05, 0.1) is 6.61 Å². The van der Waals surface area contributed by atoms with Crippen LogP contribution in [0.15, 0.2) is 23.1 Å². The Bertz CT molecular complexity index is 631. The second-order valence-corrected chi connectivity index (χ2v) is 3.62. The summed E-state index contributed by atoms with van der Waals surface area (Å²) >= 11 is 0. The van der Waals surface area contributed by atoms with E-state index in [2.05, 4.69) is 9.97 Å². The molecule has 0 fully saturated rings. The number of aromatic nitrogens is 2. The zero-order valence-electron chi connectivity index (χ0n) is 9.61. The number of rotatable bonds is 2. The number of pyridine rings is 2. The molecule has 88 valence electrons. The Kier molecular flexibility index (Phi) is 2.91. The van der Waals surface area contributed by atoms with Crippen LogP contribution in [0.4, 0.5) is 0 Å². The molecule has 5 nitrogen and oxygen atoms in total. The van der Waals surface area contributed by atoms with Crippen molar-refractivity contribution in [1.29, 1.82) is 0 Å². The molecule has 2 rings (SSSR count). The summed E-state index contributed by atoms with van der Waals surface area (Å²) in [6, 6.07) is 3.34. The quantitative estimate of drug-likeness (QED) is 0.794. The lowest BCUT2D eigenvalue weighted by atomic mass is 10.1. The topological polar surface area (TPSA) is 72.0 Å². The molecular weight excluding hydrogens is 220 g/mol. The van der Waals surface area contributed by atoms with Crippen LogP contribution in [0.3, 0.4) is 0 Å². The molecule has 0 atom stereocenters. The van der Waals surface area contributed by atoms with Crippen LogP contribution in [-0.4, -0.2) is 22.5 Å². The van der Waals surface area contributed by atoms with Crippen LogP contribution in [0.25, 0.3) is 11.0 Å². The van der Waals surface area contributed by atoms with Crippen LogP contribution in [0, 0.1) is 6.92 Å². The fourth-order valence-corrected chi connectivity index (χ4v) is 1.60. The van der Waals surface area contributed by atoms with Gasteiger partial charge in [-0.25, -0.2) is 9.78 Å². The van der Waals surface area contributed by atoms with Gasteiger partial charge in [-0.1, -0.05) is 0 Å². The van der Waals surface area contributed by atoms with Crippen LogP contribution < -0.4 is 5.56 Å². The number of esters is 1. The number of ether oxygens (including phenoxy) is 1. The molecule has 2 heterocycles. The molecule has 17 heavy (non-hydrogen) atoms. The Morgan fingerprint density at radius 1 is 1.53 bits per heavy atom. The van der Waals surface area contributed by atoms with Crippen molar-refractivity contribution >= 4 is 17.0 Å². The number of hydrogen-bond donors (Lipinski definition) is 1. The van der Waals surface area contributed by atoms with E-state index < -0.39 is 11.5 Å². The molecule has 0 aliphatic heterocycles. The summed E-state index contributed by atoms with van der Waals surface area (Å²) in [5.74, 6) is -0.612. The lowest BCUT2D eigenvalue weighted by Gasteiger charge is -2.04. The fourth-order valence-electron chi connectivity index (χ4n) is 1.60. The highest BCUT2D eigenvalue weighted by Gasteiger charge is 2.13. The van der Waals surface area contributed by atoms with E-state index in [1.807, 2.05) is 13.0 Å². The summed E-state index contributed by atoms with van der Waals surface area (Å²) in [7, 11) is 0. The van der Waals surface area contributed by atoms with Crippen molar-refractivity contribution in [1.82, 2.24) is 9.97 Å².